The highest BCUT2D eigenvalue weighted by molar-refractivity contribution is 6.30. The normalized spacial score (nSPS) is 33.7. The molecule has 0 N–H and O–H groups in total. The summed E-state index contributed by atoms with van der Waals surface area (Å²) in [6, 6.07) is 7.33. The van der Waals surface area contributed by atoms with Gasteiger partial charge in [0.25, 0.3) is 0 Å². The van der Waals surface area contributed by atoms with E-state index in [0.717, 1.165) is 18.4 Å². The van der Waals surface area contributed by atoms with Gasteiger partial charge in [-0.2, -0.15) is 0 Å². The molecule has 3 nitrogen and oxygen atoms in total. The molecule has 21 heavy (non-hydrogen) atoms. The highest BCUT2D eigenvalue weighted by Crippen LogP contribution is 2.49. The number of fused-ring (bicyclic) bond motifs is 1. The number of rotatable bonds is 2. The molecule has 4 heteroatoms. The highest BCUT2D eigenvalue weighted by Gasteiger charge is 2.56. The first-order chi connectivity index (χ1) is 10.1. The van der Waals surface area contributed by atoms with Crippen LogP contribution in [-0.4, -0.2) is 16.7 Å². The van der Waals surface area contributed by atoms with Crippen molar-refractivity contribution >= 4 is 23.4 Å². The van der Waals surface area contributed by atoms with E-state index in [-0.39, 0.29) is 35.5 Å². The van der Waals surface area contributed by atoms with Gasteiger partial charge in [-0.15, -0.1) is 0 Å². The topological polar surface area (TPSA) is 37.4 Å². The van der Waals surface area contributed by atoms with E-state index in [2.05, 4.69) is 12.2 Å². The van der Waals surface area contributed by atoms with Crippen molar-refractivity contribution in [3.05, 3.63) is 47.0 Å². The van der Waals surface area contributed by atoms with Crippen molar-refractivity contribution in [2.24, 2.45) is 23.7 Å². The fourth-order valence-electron chi connectivity index (χ4n) is 4.06. The van der Waals surface area contributed by atoms with Crippen LogP contribution in [0.25, 0.3) is 0 Å². The standard InChI is InChI=1S/C17H16ClNO2/c18-13-7-1-10(2-8-13)9-19-16(20)14-11-3-4-12(6-5-11)15(14)17(19)21/h1-4,7-8,11-12,14-15H,5-6,9H2/t11-,12-,14+,15+/m1/s1. The van der Waals surface area contributed by atoms with Crippen molar-refractivity contribution in [3.63, 3.8) is 0 Å². The molecule has 0 aromatic heterocycles. The van der Waals surface area contributed by atoms with Gasteiger partial charge in [0, 0.05) is 5.02 Å². The summed E-state index contributed by atoms with van der Waals surface area (Å²) in [6.07, 6.45) is 6.37. The number of carbonyl (C=O) groups is 2. The molecule has 1 aromatic rings. The van der Waals surface area contributed by atoms with Gasteiger partial charge in [0.05, 0.1) is 18.4 Å². The van der Waals surface area contributed by atoms with Gasteiger partial charge in [-0.1, -0.05) is 35.9 Å². The maximum absolute atomic E-state index is 12.7. The fraction of sp³-hybridized carbons (Fsp3) is 0.412. The van der Waals surface area contributed by atoms with E-state index in [0.29, 0.717) is 11.6 Å². The summed E-state index contributed by atoms with van der Waals surface area (Å²) in [5.74, 6) is 0.304. The average molecular weight is 302 g/mol. The molecule has 3 aliphatic carbocycles. The van der Waals surface area contributed by atoms with Crippen LogP contribution in [0.15, 0.2) is 36.4 Å². The number of hydrogen-bond donors (Lipinski definition) is 0. The summed E-state index contributed by atoms with van der Waals surface area (Å²) in [5.41, 5.74) is 0.944. The fourth-order valence-corrected chi connectivity index (χ4v) is 4.19. The SMILES string of the molecule is O=C1[C@@H]2[C@@H](C(=O)N1Cc1ccc(Cl)cc1)[C@@H]1C=C[C@@H]2CC1. The Morgan fingerprint density at radius 3 is 1.95 bits per heavy atom. The van der Waals surface area contributed by atoms with Crippen LogP contribution in [0.1, 0.15) is 18.4 Å². The molecule has 1 saturated heterocycles. The number of carbonyl (C=O) groups excluding carboxylic acids is 2. The molecule has 1 aromatic carbocycles. The van der Waals surface area contributed by atoms with Crippen LogP contribution >= 0.6 is 11.6 Å². The van der Waals surface area contributed by atoms with Crippen molar-refractivity contribution in [2.45, 2.75) is 19.4 Å². The maximum atomic E-state index is 12.7. The van der Waals surface area contributed by atoms with Crippen LogP contribution in [0.5, 0.6) is 0 Å². The number of amides is 2. The largest absolute Gasteiger partial charge is 0.278 e. The van der Waals surface area contributed by atoms with E-state index in [1.54, 1.807) is 12.1 Å². The van der Waals surface area contributed by atoms with Gasteiger partial charge in [-0.25, -0.2) is 0 Å². The number of nitrogens with zero attached hydrogens (tertiary/aromatic N) is 1. The van der Waals surface area contributed by atoms with Crippen LogP contribution in [0.4, 0.5) is 0 Å². The lowest BCUT2D eigenvalue weighted by atomic mass is 9.63. The second-order valence-electron chi connectivity index (χ2n) is 6.23. The van der Waals surface area contributed by atoms with Crippen LogP contribution in [0.2, 0.25) is 5.02 Å². The van der Waals surface area contributed by atoms with Gasteiger partial charge >= 0.3 is 0 Å². The predicted molar refractivity (Wildman–Crippen MR) is 79.3 cm³/mol. The Kier molecular flexibility index (Phi) is 2.93. The Balaban J connectivity index is 1.61. The lowest BCUT2D eigenvalue weighted by Gasteiger charge is -2.38. The minimum Gasteiger partial charge on any atom is -0.278 e. The molecule has 1 saturated carbocycles. The first kappa shape index (κ1) is 13.1. The summed E-state index contributed by atoms with van der Waals surface area (Å²) in [7, 11) is 0. The lowest BCUT2D eigenvalue weighted by molar-refractivity contribution is -0.140. The Labute approximate surface area is 128 Å². The highest BCUT2D eigenvalue weighted by atomic mass is 35.5. The third-order valence-electron chi connectivity index (χ3n) is 5.10. The zero-order chi connectivity index (χ0) is 14.6. The predicted octanol–water partition coefficient (Wildman–Crippen LogP) is 3.04. The van der Waals surface area contributed by atoms with Gasteiger partial charge in [0.2, 0.25) is 11.8 Å². The smallest absolute Gasteiger partial charge is 0.234 e. The van der Waals surface area contributed by atoms with E-state index >= 15 is 0 Å². The van der Waals surface area contributed by atoms with E-state index < -0.39 is 0 Å². The Morgan fingerprint density at radius 1 is 0.952 bits per heavy atom. The first-order valence-electron chi connectivity index (χ1n) is 7.43. The third-order valence-corrected chi connectivity index (χ3v) is 5.36. The van der Waals surface area contributed by atoms with Crippen molar-refractivity contribution < 1.29 is 9.59 Å². The first-order valence-corrected chi connectivity index (χ1v) is 7.81. The number of allylic oxidation sites excluding steroid dienone is 2. The molecule has 0 spiro atoms. The molecule has 5 rings (SSSR count). The molecule has 2 fully saturated rings. The van der Waals surface area contributed by atoms with Crippen LogP contribution in [0, 0.1) is 23.7 Å². The quantitative estimate of drug-likeness (QED) is 0.622. The van der Waals surface area contributed by atoms with Crippen LogP contribution in [0.3, 0.4) is 0 Å². The van der Waals surface area contributed by atoms with Crippen molar-refractivity contribution in [1.82, 2.24) is 4.90 Å². The second kappa shape index (κ2) is 4.70. The zero-order valence-corrected chi connectivity index (χ0v) is 12.3. The molecule has 0 radical (unpaired) electrons. The molecule has 4 atom stereocenters. The Hall–Kier alpha value is -1.61. The molecule has 4 aliphatic rings. The summed E-state index contributed by atoms with van der Waals surface area (Å²) >= 11 is 5.88. The van der Waals surface area contributed by atoms with Gasteiger partial charge in [0.1, 0.15) is 0 Å². The van der Waals surface area contributed by atoms with Crippen LogP contribution < -0.4 is 0 Å². The van der Waals surface area contributed by atoms with E-state index in [9.17, 15) is 9.59 Å². The molecule has 0 unspecified atom stereocenters. The maximum Gasteiger partial charge on any atom is 0.234 e. The number of halogens is 1. The summed E-state index contributed by atoms with van der Waals surface area (Å²) in [4.78, 5) is 26.8. The lowest BCUT2D eigenvalue weighted by Crippen LogP contribution is -2.38. The second-order valence-corrected chi connectivity index (χ2v) is 6.67. The summed E-state index contributed by atoms with van der Waals surface area (Å²) in [6.45, 7) is 0.362. The Bertz CT molecular complexity index is 605. The van der Waals surface area contributed by atoms with Gasteiger partial charge in [-0.3, -0.25) is 14.5 Å². The summed E-state index contributed by atoms with van der Waals surface area (Å²) < 4.78 is 0. The molecule has 1 heterocycles. The van der Waals surface area contributed by atoms with Crippen molar-refractivity contribution in [2.75, 3.05) is 0 Å². The van der Waals surface area contributed by atoms with Gasteiger partial charge in [-0.05, 0) is 42.4 Å². The van der Waals surface area contributed by atoms with E-state index in [1.165, 1.54) is 4.90 Å². The number of hydrogen-bond acceptors (Lipinski definition) is 2. The third kappa shape index (κ3) is 1.95. The molecular formula is C17H16ClNO2. The molecule has 108 valence electrons. The minimum absolute atomic E-state index is 0.0130. The van der Waals surface area contributed by atoms with Crippen LogP contribution in [-0.2, 0) is 16.1 Å². The van der Waals surface area contributed by atoms with E-state index in [1.807, 2.05) is 12.1 Å². The van der Waals surface area contributed by atoms with Gasteiger partial charge in [0.15, 0.2) is 0 Å². The number of benzene rings is 1. The molecular weight excluding hydrogens is 286 g/mol. The monoisotopic (exact) mass is 301 g/mol. The Morgan fingerprint density at radius 2 is 1.48 bits per heavy atom. The number of imide groups is 1. The number of likely N-dealkylation sites (tertiary alicyclic amines) is 1. The average Bonchev–Trinajstić information content (AvgIpc) is 2.78. The molecule has 2 bridgehead atoms. The molecule has 1 aliphatic heterocycles. The van der Waals surface area contributed by atoms with Gasteiger partial charge < -0.3 is 0 Å². The molecule has 2 amide bonds. The van der Waals surface area contributed by atoms with Crippen molar-refractivity contribution in [1.29, 1.82) is 0 Å². The minimum atomic E-state index is -0.117. The zero-order valence-electron chi connectivity index (χ0n) is 11.5. The van der Waals surface area contributed by atoms with Crippen molar-refractivity contribution in [3.8, 4) is 0 Å². The van der Waals surface area contributed by atoms with E-state index in [4.69, 9.17) is 11.6 Å². The summed E-state index contributed by atoms with van der Waals surface area (Å²) in [5, 5.41) is 0.661.